The highest BCUT2D eigenvalue weighted by Crippen LogP contribution is 2.33. The van der Waals surface area contributed by atoms with Crippen LogP contribution in [0.2, 0.25) is 10.0 Å². The largest absolute Gasteiger partial charge is 0.468 e. The SMILES string of the molecule is O=C1C2=C(OCN(c3cc(Cl)cc(Cl)c3)C2)C(=O)c2ccccc21. The van der Waals surface area contributed by atoms with Crippen LogP contribution in [0.5, 0.6) is 0 Å². The third-order valence-electron chi connectivity index (χ3n) is 4.10. The zero-order valence-corrected chi connectivity index (χ0v) is 13.9. The third-order valence-corrected chi connectivity index (χ3v) is 4.53. The molecule has 0 fully saturated rings. The fourth-order valence-electron chi connectivity index (χ4n) is 2.97. The number of carbonyl (C=O) groups excluding carboxylic acids is 2. The summed E-state index contributed by atoms with van der Waals surface area (Å²) in [6, 6.07) is 11.9. The standard InChI is InChI=1S/C18H11Cl2NO3/c19-10-5-11(20)7-12(6-10)21-8-15-16(22)13-3-1-2-4-14(13)17(23)18(15)24-9-21/h1-7H,8-9H2. The number of carbonyl (C=O) groups is 2. The van der Waals surface area contributed by atoms with Crippen LogP contribution in [-0.2, 0) is 4.74 Å². The molecule has 1 heterocycles. The number of Topliss-reactive ketones (excluding diaryl/α,β-unsaturated/α-hetero) is 2. The molecule has 6 heteroatoms. The molecule has 1 aliphatic heterocycles. The molecule has 0 amide bonds. The Morgan fingerprint density at radius 1 is 0.917 bits per heavy atom. The van der Waals surface area contributed by atoms with E-state index in [0.717, 1.165) is 5.69 Å². The van der Waals surface area contributed by atoms with Gasteiger partial charge in [0.1, 0.15) is 0 Å². The van der Waals surface area contributed by atoms with Gasteiger partial charge in [-0.05, 0) is 18.2 Å². The fourth-order valence-corrected chi connectivity index (χ4v) is 3.48. The molecule has 4 nitrogen and oxygen atoms in total. The fraction of sp³-hybridized carbons (Fsp3) is 0.111. The van der Waals surface area contributed by atoms with Gasteiger partial charge in [0.25, 0.3) is 0 Å². The third kappa shape index (κ3) is 2.39. The van der Waals surface area contributed by atoms with Crippen molar-refractivity contribution >= 4 is 40.5 Å². The number of hydrogen-bond donors (Lipinski definition) is 0. The predicted molar refractivity (Wildman–Crippen MR) is 91.9 cm³/mol. The quantitative estimate of drug-likeness (QED) is 0.768. The first kappa shape index (κ1) is 15.2. The van der Waals surface area contributed by atoms with Gasteiger partial charge in [0.15, 0.2) is 18.3 Å². The van der Waals surface area contributed by atoms with Crippen LogP contribution in [0.25, 0.3) is 0 Å². The molecule has 0 saturated carbocycles. The minimum absolute atomic E-state index is 0.142. The molecule has 0 unspecified atom stereocenters. The summed E-state index contributed by atoms with van der Waals surface area (Å²) in [4.78, 5) is 27.1. The zero-order chi connectivity index (χ0) is 16.8. The summed E-state index contributed by atoms with van der Waals surface area (Å²) in [7, 11) is 0. The smallest absolute Gasteiger partial charge is 0.228 e. The van der Waals surface area contributed by atoms with Crippen LogP contribution in [0.4, 0.5) is 5.69 Å². The lowest BCUT2D eigenvalue weighted by Crippen LogP contribution is -2.39. The molecular formula is C18H11Cl2NO3. The van der Waals surface area contributed by atoms with Crippen molar-refractivity contribution in [3.63, 3.8) is 0 Å². The van der Waals surface area contributed by atoms with Gasteiger partial charge < -0.3 is 9.64 Å². The molecule has 2 aromatic carbocycles. The van der Waals surface area contributed by atoms with E-state index in [0.29, 0.717) is 26.7 Å². The maximum absolute atomic E-state index is 12.7. The Morgan fingerprint density at radius 2 is 1.54 bits per heavy atom. The van der Waals surface area contributed by atoms with Gasteiger partial charge in [-0.1, -0.05) is 47.5 Å². The van der Waals surface area contributed by atoms with Crippen molar-refractivity contribution in [3.05, 3.63) is 75.0 Å². The number of allylic oxidation sites excluding steroid dienone is 1. The van der Waals surface area contributed by atoms with E-state index in [-0.39, 0.29) is 30.6 Å². The number of anilines is 1. The van der Waals surface area contributed by atoms with Crippen molar-refractivity contribution in [1.82, 2.24) is 0 Å². The van der Waals surface area contributed by atoms with E-state index in [1.165, 1.54) is 0 Å². The Labute approximate surface area is 148 Å². The summed E-state index contributed by atoms with van der Waals surface area (Å²) in [5.41, 5.74) is 1.90. The number of fused-ring (bicyclic) bond motifs is 1. The average molecular weight is 360 g/mol. The van der Waals surface area contributed by atoms with Gasteiger partial charge in [0.05, 0.1) is 12.1 Å². The van der Waals surface area contributed by atoms with Crippen molar-refractivity contribution < 1.29 is 14.3 Å². The van der Waals surface area contributed by atoms with Gasteiger partial charge in [-0.2, -0.15) is 0 Å². The second-order valence-corrected chi connectivity index (χ2v) is 6.48. The number of halogens is 2. The summed E-state index contributed by atoms with van der Waals surface area (Å²) in [6.07, 6.45) is 0. The van der Waals surface area contributed by atoms with Crippen molar-refractivity contribution in [2.75, 3.05) is 18.2 Å². The Balaban J connectivity index is 1.73. The van der Waals surface area contributed by atoms with Crippen LogP contribution in [0.1, 0.15) is 20.7 Å². The van der Waals surface area contributed by atoms with Crippen molar-refractivity contribution in [3.8, 4) is 0 Å². The average Bonchev–Trinajstić information content (AvgIpc) is 2.58. The Morgan fingerprint density at radius 3 is 2.21 bits per heavy atom. The molecule has 0 saturated heterocycles. The van der Waals surface area contributed by atoms with Crippen LogP contribution in [-0.4, -0.2) is 24.8 Å². The van der Waals surface area contributed by atoms with Crippen molar-refractivity contribution in [2.24, 2.45) is 0 Å². The first-order valence-electron chi connectivity index (χ1n) is 7.30. The van der Waals surface area contributed by atoms with E-state index in [4.69, 9.17) is 27.9 Å². The lowest BCUT2D eigenvalue weighted by molar-refractivity contribution is 0.0847. The number of benzene rings is 2. The van der Waals surface area contributed by atoms with Gasteiger partial charge >= 0.3 is 0 Å². The van der Waals surface area contributed by atoms with E-state index in [1.807, 2.05) is 4.90 Å². The van der Waals surface area contributed by atoms with Crippen molar-refractivity contribution in [2.45, 2.75) is 0 Å². The first-order valence-corrected chi connectivity index (χ1v) is 8.05. The predicted octanol–water partition coefficient (Wildman–Crippen LogP) is 4.12. The number of ether oxygens (including phenoxy) is 1. The lowest BCUT2D eigenvalue weighted by Gasteiger charge is -2.33. The second-order valence-electron chi connectivity index (χ2n) is 5.61. The van der Waals surface area contributed by atoms with Gasteiger partial charge in [0.2, 0.25) is 5.78 Å². The minimum Gasteiger partial charge on any atom is -0.468 e. The highest BCUT2D eigenvalue weighted by atomic mass is 35.5. The van der Waals surface area contributed by atoms with Crippen LogP contribution >= 0.6 is 23.2 Å². The number of nitrogens with zero attached hydrogens (tertiary/aromatic N) is 1. The van der Waals surface area contributed by atoms with Crippen LogP contribution in [0.3, 0.4) is 0 Å². The Kier molecular flexibility index (Phi) is 3.59. The topological polar surface area (TPSA) is 46.6 Å². The molecule has 0 radical (unpaired) electrons. The van der Waals surface area contributed by atoms with E-state index < -0.39 is 0 Å². The highest BCUT2D eigenvalue weighted by molar-refractivity contribution is 6.35. The first-order chi connectivity index (χ1) is 11.5. The van der Waals surface area contributed by atoms with E-state index in [2.05, 4.69) is 0 Å². The molecular weight excluding hydrogens is 349 g/mol. The molecule has 0 atom stereocenters. The van der Waals surface area contributed by atoms with E-state index >= 15 is 0 Å². The summed E-state index contributed by atoms with van der Waals surface area (Å²) < 4.78 is 5.62. The van der Waals surface area contributed by atoms with E-state index in [1.54, 1.807) is 42.5 Å². The molecule has 1 aliphatic carbocycles. The maximum Gasteiger partial charge on any atom is 0.228 e. The number of hydrogen-bond acceptors (Lipinski definition) is 4. The number of rotatable bonds is 1. The monoisotopic (exact) mass is 359 g/mol. The molecule has 0 spiro atoms. The van der Waals surface area contributed by atoms with Gasteiger partial charge in [-0.25, -0.2) is 0 Å². The highest BCUT2D eigenvalue weighted by Gasteiger charge is 2.37. The zero-order valence-electron chi connectivity index (χ0n) is 12.4. The summed E-state index contributed by atoms with van der Waals surface area (Å²) in [5.74, 6) is -0.287. The van der Waals surface area contributed by atoms with Gasteiger partial charge in [-0.3, -0.25) is 9.59 Å². The molecule has 0 bridgehead atoms. The van der Waals surface area contributed by atoms with E-state index in [9.17, 15) is 9.59 Å². The summed E-state index contributed by atoms with van der Waals surface area (Å²) in [5, 5.41) is 0.988. The molecule has 4 rings (SSSR count). The molecule has 120 valence electrons. The van der Waals surface area contributed by atoms with Crippen molar-refractivity contribution in [1.29, 1.82) is 0 Å². The number of ketones is 2. The minimum atomic E-state index is -0.246. The Bertz CT molecular complexity index is 900. The second kappa shape index (κ2) is 5.65. The van der Waals surface area contributed by atoms with Gasteiger partial charge in [-0.15, -0.1) is 0 Å². The molecule has 24 heavy (non-hydrogen) atoms. The lowest BCUT2D eigenvalue weighted by atomic mass is 9.87. The molecule has 2 aromatic rings. The van der Waals surface area contributed by atoms with Crippen LogP contribution in [0, 0.1) is 0 Å². The maximum atomic E-state index is 12.7. The summed E-state index contributed by atoms with van der Waals surface area (Å²) >= 11 is 12.1. The Hall–Kier alpha value is -2.30. The normalized spacial score (nSPS) is 16.7. The van der Waals surface area contributed by atoms with Crippen LogP contribution < -0.4 is 4.90 Å². The molecule has 2 aliphatic rings. The van der Waals surface area contributed by atoms with Crippen LogP contribution in [0.15, 0.2) is 53.8 Å². The summed E-state index contributed by atoms with van der Waals surface area (Å²) in [6.45, 7) is 0.418. The van der Waals surface area contributed by atoms with Gasteiger partial charge in [0, 0.05) is 26.9 Å². The molecule has 0 aromatic heterocycles. The molecule has 0 N–H and O–H groups in total.